The molecule has 4 nitrogen and oxygen atoms in total. The van der Waals surface area contributed by atoms with Gasteiger partial charge in [-0.2, -0.15) is 0 Å². The first-order chi connectivity index (χ1) is 7.40. The zero-order valence-corrected chi connectivity index (χ0v) is 8.95. The van der Waals surface area contributed by atoms with Gasteiger partial charge in [-0.3, -0.25) is 0 Å². The molecule has 0 aromatic carbocycles. The predicted molar refractivity (Wildman–Crippen MR) is 60.8 cm³/mol. The van der Waals surface area contributed by atoms with E-state index >= 15 is 0 Å². The first-order valence-electron chi connectivity index (χ1n) is 5.67. The molecule has 2 rings (SSSR count). The van der Waals surface area contributed by atoms with Gasteiger partial charge < -0.3 is 11.1 Å². The molecule has 15 heavy (non-hydrogen) atoms. The summed E-state index contributed by atoms with van der Waals surface area (Å²) in [6.07, 6.45) is 6.93. The van der Waals surface area contributed by atoms with Crippen molar-refractivity contribution in [3.63, 3.8) is 0 Å². The predicted octanol–water partition coefficient (Wildman–Crippen LogP) is 1.50. The first-order valence-corrected chi connectivity index (χ1v) is 5.67. The van der Waals surface area contributed by atoms with Crippen molar-refractivity contribution in [2.75, 3.05) is 18.4 Å². The Morgan fingerprint density at radius 2 is 2.20 bits per heavy atom. The SMILES string of the molecule is NCCNc1ccnc(C2CCCC2)n1. The number of hydrogen-bond acceptors (Lipinski definition) is 4. The maximum atomic E-state index is 5.43. The van der Waals surface area contributed by atoms with Crippen LogP contribution in [0.5, 0.6) is 0 Å². The molecule has 1 aromatic heterocycles. The average Bonchev–Trinajstić information content (AvgIpc) is 2.80. The molecule has 1 fully saturated rings. The van der Waals surface area contributed by atoms with Crippen LogP contribution < -0.4 is 11.1 Å². The van der Waals surface area contributed by atoms with Crippen molar-refractivity contribution in [1.29, 1.82) is 0 Å². The molecule has 4 heteroatoms. The van der Waals surface area contributed by atoms with Gasteiger partial charge in [-0.05, 0) is 18.9 Å². The van der Waals surface area contributed by atoms with Gasteiger partial charge in [0.2, 0.25) is 0 Å². The van der Waals surface area contributed by atoms with Crippen molar-refractivity contribution >= 4 is 5.82 Å². The summed E-state index contributed by atoms with van der Waals surface area (Å²) in [5.74, 6) is 2.47. The number of nitrogens with one attached hydrogen (secondary N) is 1. The van der Waals surface area contributed by atoms with Crippen LogP contribution in [0.4, 0.5) is 5.82 Å². The van der Waals surface area contributed by atoms with E-state index in [1.54, 1.807) is 0 Å². The summed E-state index contributed by atoms with van der Waals surface area (Å²) in [6.45, 7) is 1.39. The van der Waals surface area contributed by atoms with E-state index in [0.717, 1.165) is 18.2 Å². The highest BCUT2D eigenvalue weighted by Crippen LogP contribution is 2.32. The van der Waals surface area contributed by atoms with Gasteiger partial charge in [-0.15, -0.1) is 0 Å². The van der Waals surface area contributed by atoms with Gasteiger partial charge in [0.1, 0.15) is 11.6 Å². The van der Waals surface area contributed by atoms with Gasteiger partial charge in [0.15, 0.2) is 0 Å². The molecule has 3 N–H and O–H groups in total. The zero-order valence-electron chi connectivity index (χ0n) is 8.95. The molecular formula is C11H18N4. The molecule has 0 radical (unpaired) electrons. The molecule has 0 spiro atoms. The number of anilines is 1. The van der Waals surface area contributed by atoms with E-state index in [2.05, 4.69) is 15.3 Å². The van der Waals surface area contributed by atoms with Crippen molar-refractivity contribution in [1.82, 2.24) is 9.97 Å². The number of nitrogens with zero attached hydrogens (tertiary/aromatic N) is 2. The second-order valence-electron chi connectivity index (χ2n) is 4.00. The highest BCUT2D eigenvalue weighted by Gasteiger charge is 2.19. The Balaban J connectivity index is 2.04. The zero-order chi connectivity index (χ0) is 10.5. The lowest BCUT2D eigenvalue weighted by molar-refractivity contribution is 0.668. The average molecular weight is 206 g/mol. The highest BCUT2D eigenvalue weighted by atomic mass is 15.0. The van der Waals surface area contributed by atoms with E-state index in [1.807, 2.05) is 12.3 Å². The summed E-state index contributed by atoms with van der Waals surface area (Å²) in [5.41, 5.74) is 5.43. The molecule has 0 amide bonds. The van der Waals surface area contributed by atoms with Crippen LogP contribution in [0.25, 0.3) is 0 Å². The van der Waals surface area contributed by atoms with Crippen molar-refractivity contribution in [3.05, 3.63) is 18.1 Å². The summed E-state index contributed by atoms with van der Waals surface area (Å²) in [7, 11) is 0. The molecule has 0 atom stereocenters. The van der Waals surface area contributed by atoms with E-state index in [0.29, 0.717) is 12.5 Å². The highest BCUT2D eigenvalue weighted by molar-refractivity contribution is 5.33. The van der Waals surface area contributed by atoms with E-state index in [9.17, 15) is 0 Å². The van der Waals surface area contributed by atoms with Crippen LogP contribution in [0.3, 0.4) is 0 Å². The third-order valence-corrected chi connectivity index (χ3v) is 2.84. The summed E-state index contributed by atoms with van der Waals surface area (Å²) < 4.78 is 0. The summed E-state index contributed by atoms with van der Waals surface area (Å²) in [6, 6.07) is 1.90. The van der Waals surface area contributed by atoms with E-state index < -0.39 is 0 Å². The molecule has 0 aliphatic heterocycles. The lowest BCUT2D eigenvalue weighted by Crippen LogP contribution is -2.14. The summed E-state index contributed by atoms with van der Waals surface area (Å²) >= 11 is 0. The van der Waals surface area contributed by atoms with Crippen LogP contribution in [0.1, 0.15) is 37.4 Å². The molecule has 1 aliphatic rings. The molecule has 0 bridgehead atoms. The molecule has 0 unspecified atom stereocenters. The van der Waals surface area contributed by atoms with Crippen molar-refractivity contribution in [2.24, 2.45) is 5.73 Å². The Hall–Kier alpha value is -1.16. The third-order valence-electron chi connectivity index (χ3n) is 2.84. The molecular weight excluding hydrogens is 188 g/mol. The van der Waals surface area contributed by atoms with Crippen LogP contribution >= 0.6 is 0 Å². The van der Waals surface area contributed by atoms with Crippen molar-refractivity contribution in [2.45, 2.75) is 31.6 Å². The van der Waals surface area contributed by atoms with Crippen LogP contribution in [0.2, 0.25) is 0 Å². The number of rotatable bonds is 4. The van der Waals surface area contributed by atoms with Gasteiger partial charge in [0.25, 0.3) is 0 Å². The smallest absolute Gasteiger partial charge is 0.133 e. The minimum atomic E-state index is 0.574. The van der Waals surface area contributed by atoms with Crippen LogP contribution in [0, 0.1) is 0 Å². The van der Waals surface area contributed by atoms with Crippen molar-refractivity contribution in [3.8, 4) is 0 Å². The van der Waals surface area contributed by atoms with Crippen molar-refractivity contribution < 1.29 is 0 Å². The second kappa shape index (κ2) is 5.07. The molecule has 1 aliphatic carbocycles. The standard InChI is InChI=1S/C11H18N4/c12-6-8-13-10-5-7-14-11(15-10)9-3-1-2-4-9/h5,7,9H,1-4,6,8,12H2,(H,13,14,15). The van der Waals surface area contributed by atoms with Gasteiger partial charge in [-0.25, -0.2) is 9.97 Å². The maximum absolute atomic E-state index is 5.43. The van der Waals surface area contributed by atoms with Gasteiger partial charge in [0, 0.05) is 25.2 Å². The van der Waals surface area contributed by atoms with Gasteiger partial charge in [0.05, 0.1) is 0 Å². The first kappa shape index (κ1) is 10.4. The van der Waals surface area contributed by atoms with Gasteiger partial charge in [-0.1, -0.05) is 12.8 Å². The fraction of sp³-hybridized carbons (Fsp3) is 0.636. The Bertz CT molecular complexity index is 307. The normalized spacial score (nSPS) is 16.9. The molecule has 82 valence electrons. The quantitative estimate of drug-likeness (QED) is 0.783. The van der Waals surface area contributed by atoms with E-state index in [-0.39, 0.29) is 0 Å². The van der Waals surface area contributed by atoms with Gasteiger partial charge >= 0.3 is 0 Å². The topological polar surface area (TPSA) is 63.8 Å². The molecule has 1 aromatic rings. The molecule has 1 saturated carbocycles. The van der Waals surface area contributed by atoms with Crippen LogP contribution in [-0.4, -0.2) is 23.1 Å². The summed E-state index contributed by atoms with van der Waals surface area (Å²) in [5, 5.41) is 3.18. The molecule has 0 saturated heterocycles. The Morgan fingerprint density at radius 1 is 1.40 bits per heavy atom. The number of nitrogens with two attached hydrogens (primary N) is 1. The monoisotopic (exact) mass is 206 g/mol. The number of aromatic nitrogens is 2. The van der Waals surface area contributed by atoms with E-state index in [1.165, 1.54) is 25.7 Å². The Labute approximate surface area is 90.3 Å². The van der Waals surface area contributed by atoms with E-state index in [4.69, 9.17) is 5.73 Å². The fourth-order valence-electron chi connectivity index (χ4n) is 2.05. The maximum Gasteiger partial charge on any atom is 0.133 e. The molecule has 1 heterocycles. The van der Waals surface area contributed by atoms with Crippen LogP contribution in [-0.2, 0) is 0 Å². The largest absolute Gasteiger partial charge is 0.369 e. The van der Waals surface area contributed by atoms with Crippen LogP contribution in [0.15, 0.2) is 12.3 Å². The third kappa shape index (κ3) is 2.65. The minimum Gasteiger partial charge on any atom is -0.369 e. The Kier molecular flexibility index (Phi) is 3.50. The summed E-state index contributed by atoms with van der Waals surface area (Å²) in [4.78, 5) is 8.86. The minimum absolute atomic E-state index is 0.574. The Morgan fingerprint density at radius 3 is 2.93 bits per heavy atom. The lowest BCUT2D eigenvalue weighted by Gasteiger charge is -2.09. The fourth-order valence-corrected chi connectivity index (χ4v) is 2.05. The second-order valence-corrected chi connectivity index (χ2v) is 4.00. The number of hydrogen-bond donors (Lipinski definition) is 2. The lowest BCUT2D eigenvalue weighted by atomic mass is 10.1.